The lowest BCUT2D eigenvalue weighted by Gasteiger charge is -2.29. The minimum absolute atomic E-state index is 0.329. The van der Waals surface area contributed by atoms with Gasteiger partial charge in [0.1, 0.15) is 10.8 Å². The molecule has 0 amide bonds. The molecule has 3 aromatic rings. The molecule has 5 nitrogen and oxygen atoms in total. The number of benzene rings is 2. The number of thiazole rings is 1. The Labute approximate surface area is 173 Å². The molecule has 0 spiro atoms. The number of dihydropyridines is 1. The number of fused-ring (bicyclic) bond motifs is 1. The molecule has 1 unspecified atom stereocenters. The fourth-order valence-electron chi connectivity index (χ4n) is 3.74. The number of nitrogens with one attached hydrogen (secondary N) is 1. The number of hydrogen-bond donors (Lipinski definition) is 1. The standard InChI is InChI=1S/C23H18N4OS/c1-13-17(12-25)22(16-9-8-15(11-24)10-19(16)28-3)21(14(2)26-13)23-27-18-6-4-5-7-20(18)29-23/h4-10,22,26H,1-3H3. The van der Waals surface area contributed by atoms with Crippen LogP contribution in [0, 0.1) is 22.7 Å². The van der Waals surface area contributed by atoms with E-state index in [1.165, 1.54) is 0 Å². The first-order chi connectivity index (χ1) is 14.1. The topological polar surface area (TPSA) is 81.7 Å². The van der Waals surface area contributed by atoms with E-state index in [9.17, 15) is 10.5 Å². The van der Waals surface area contributed by atoms with E-state index in [0.29, 0.717) is 16.9 Å². The van der Waals surface area contributed by atoms with E-state index >= 15 is 0 Å². The highest BCUT2D eigenvalue weighted by atomic mass is 32.1. The van der Waals surface area contributed by atoms with Crippen molar-refractivity contribution in [3.05, 3.63) is 75.6 Å². The lowest BCUT2D eigenvalue weighted by Crippen LogP contribution is -2.23. The summed E-state index contributed by atoms with van der Waals surface area (Å²) >= 11 is 1.61. The molecule has 0 fully saturated rings. The summed E-state index contributed by atoms with van der Waals surface area (Å²) in [7, 11) is 1.58. The summed E-state index contributed by atoms with van der Waals surface area (Å²) < 4.78 is 6.70. The van der Waals surface area contributed by atoms with Crippen LogP contribution in [-0.4, -0.2) is 12.1 Å². The first-order valence-electron chi connectivity index (χ1n) is 9.10. The molecular weight excluding hydrogens is 380 g/mol. The lowest BCUT2D eigenvalue weighted by molar-refractivity contribution is 0.409. The molecule has 6 heteroatoms. The fourth-order valence-corrected chi connectivity index (χ4v) is 4.84. The molecule has 29 heavy (non-hydrogen) atoms. The van der Waals surface area contributed by atoms with Gasteiger partial charge in [-0.2, -0.15) is 10.5 Å². The molecule has 2 heterocycles. The normalized spacial score (nSPS) is 16.4. The number of ether oxygens (including phenoxy) is 1. The molecule has 0 radical (unpaired) electrons. The molecule has 142 valence electrons. The number of rotatable bonds is 3. The number of nitriles is 2. The second-order valence-corrected chi connectivity index (χ2v) is 7.83. The Hall–Kier alpha value is -3.61. The molecular formula is C23H18N4OS. The van der Waals surface area contributed by atoms with Gasteiger partial charge in [-0.1, -0.05) is 18.2 Å². The van der Waals surface area contributed by atoms with E-state index in [1.54, 1.807) is 30.6 Å². The smallest absolute Gasteiger partial charge is 0.124 e. The molecule has 0 bridgehead atoms. The van der Waals surface area contributed by atoms with Crippen LogP contribution in [-0.2, 0) is 0 Å². The Morgan fingerprint density at radius 2 is 1.86 bits per heavy atom. The van der Waals surface area contributed by atoms with Gasteiger partial charge in [0.2, 0.25) is 0 Å². The third-order valence-electron chi connectivity index (χ3n) is 5.08. The highest BCUT2D eigenvalue weighted by Crippen LogP contribution is 2.47. The van der Waals surface area contributed by atoms with Crippen molar-refractivity contribution in [1.29, 1.82) is 10.5 Å². The van der Waals surface area contributed by atoms with Gasteiger partial charge in [0.05, 0.1) is 46.5 Å². The predicted octanol–water partition coefficient (Wildman–Crippen LogP) is 5.09. The second-order valence-electron chi connectivity index (χ2n) is 6.80. The zero-order valence-electron chi connectivity index (χ0n) is 16.3. The molecule has 0 saturated carbocycles. The Bertz CT molecular complexity index is 1240. The first-order valence-corrected chi connectivity index (χ1v) is 9.91. The third kappa shape index (κ3) is 3.14. The van der Waals surface area contributed by atoms with Gasteiger partial charge in [-0.05, 0) is 38.1 Å². The maximum Gasteiger partial charge on any atom is 0.124 e. The minimum atomic E-state index is -0.329. The number of para-hydroxylation sites is 1. The highest BCUT2D eigenvalue weighted by molar-refractivity contribution is 7.19. The molecule has 2 aromatic carbocycles. The summed E-state index contributed by atoms with van der Waals surface area (Å²) in [5.41, 5.74) is 5.63. The summed E-state index contributed by atoms with van der Waals surface area (Å²) in [4.78, 5) is 4.84. The predicted molar refractivity (Wildman–Crippen MR) is 114 cm³/mol. The fraction of sp³-hybridized carbons (Fsp3) is 0.174. The van der Waals surface area contributed by atoms with Crippen molar-refractivity contribution >= 4 is 27.1 Å². The van der Waals surface area contributed by atoms with Crippen LogP contribution < -0.4 is 10.1 Å². The number of allylic oxidation sites excluding steroid dienone is 4. The quantitative estimate of drug-likeness (QED) is 0.664. The van der Waals surface area contributed by atoms with Crippen molar-refractivity contribution in [2.45, 2.75) is 19.8 Å². The molecule has 1 aliphatic rings. The van der Waals surface area contributed by atoms with Crippen molar-refractivity contribution in [2.24, 2.45) is 0 Å². The van der Waals surface area contributed by atoms with Crippen molar-refractivity contribution in [2.75, 3.05) is 7.11 Å². The van der Waals surface area contributed by atoms with Crippen LogP contribution in [0.25, 0.3) is 15.8 Å². The van der Waals surface area contributed by atoms with Gasteiger partial charge in [0.15, 0.2) is 0 Å². The molecule has 1 N–H and O–H groups in total. The van der Waals surface area contributed by atoms with E-state index in [2.05, 4.69) is 17.5 Å². The largest absolute Gasteiger partial charge is 0.496 e. The van der Waals surface area contributed by atoms with Crippen molar-refractivity contribution < 1.29 is 4.74 Å². The van der Waals surface area contributed by atoms with E-state index in [0.717, 1.165) is 37.8 Å². The maximum absolute atomic E-state index is 9.97. The monoisotopic (exact) mass is 398 g/mol. The van der Waals surface area contributed by atoms with Crippen molar-refractivity contribution in [1.82, 2.24) is 10.3 Å². The molecule has 4 rings (SSSR count). The summed E-state index contributed by atoms with van der Waals surface area (Å²) in [5, 5.41) is 23.4. The molecule has 0 saturated heterocycles. The third-order valence-corrected chi connectivity index (χ3v) is 6.15. The van der Waals surface area contributed by atoms with Crippen molar-refractivity contribution in [3.8, 4) is 17.9 Å². The molecule has 1 aliphatic heterocycles. The van der Waals surface area contributed by atoms with Gasteiger partial charge in [-0.3, -0.25) is 0 Å². The van der Waals surface area contributed by atoms with Crippen LogP contribution in [0.1, 0.15) is 35.9 Å². The molecule has 1 aromatic heterocycles. The number of aromatic nitrogens is 1. The van der Waals surface area contributed by atoms with E-state index < -0.39 is 0 Å². The maximum atomic E-state index is 9.97. The van der Waals surface area contributed by atoms with Crippen molar-refractivity contribution in [3.63, 3.8) is 0 Å². The minimum Gasteiger partial charge on any atom is -0.496 e. The molecule has 0 aliphatic carbocycles. The van der Waals surface area contributed by atoms with Crippen LogP contribution in [0.3, 0.4) is 0 Å². The van der Waals surface area contributed by atoms with Crippen LogP contribution >= 0.6 is 11.3 Å². The second kappa shape index (κ2) is 7.43. The van der Waals surface area contributed by atoms with Gasteiger partial charge in [0, 0.05) is 22.5 Å². The highest BCUT2D eigenvalue weighted by Gasteiger charge is 2.33. The zero-order valence-corrected chi connectivity index (χ0v) is 17.1. The first kappa shape index (κ1) is 18.7. The Morgan fingerprint density at radius 1 is 1.07 bits per heavy atom. The summed E-state index contributed by atoms with van der Waals surface area (Å²) in [6.45, 7) is 3.91. The van der Waals surface area contributed by atoms with Crippen LogP contribution in [0.2, 0.25) is 0 Å². The van der Waals surface area contributed by atoms with E-state index in [-0.39, 0.29) is 5.92 Å². The number of nitrogens with zero attached hydrogens (tertiary/aromatic N) is 3. The van der Waals surface area contributed by atoms with E-state index in [4.69, 9.17) is 9.72 Å². The Balaban J connectivity index is 1.97. The Morgan fingerprint density at radius 3 is 2.55 bits per heavy atom. The summed E-state index contributed by atoms with van der Waals surface area (Å²) in [6, 6.07) is 17.9. The summed E-state index contributed by atoms with van der Waals surface area (Å²) in [5.74, 6) is 0.257. The van der Waals surface area contributed by atoms with Gasteiger partial charge < -0.3 is 10.1 Å². The van der Waals surface area contributed by atoms with E-state index in [1.807, 2.05) is 44.2 Å². The number of methoxy groups -OCH3 is 1. The average molecular weight is 398 g/mol. The lowest BCUT2D eigenvalue weighted by atomic mass is 9.80. The number of hydrogen-bond acceptors (Lipinski definition) is 6. The van der Waals surface area contributed by atoms with Gasteiger partial charge in [-0.15, -0.1) is 11.3 Å². The van der Waals surface area contributed by atoms with Gasteiger partial charge in [-0.25, -0.2) is 4.98 Å². The van der Waals surface area contributed by atoms with Gasteiger partial charge in [0.25, 0.3) is 0 Å². The average Bonchev–Trinajstić information content (AvgIpc) is 3.16. The molecule has 1 atom stereocenters. The SMILES string of the molecule is COc1cc(C#N)ccc1C1C(C#N)=C(C)NC(C)=C1c1nc2ccccc2s1. The Kier molecular flexibility index (Phi) is 4.80. The van der Waals surface area contributed by atoms with Gasteiger partial charge >= 0.3 is 0 Å². The van der Waals surface area contributed by atoms with Crippen LogP contribution in [0.5, 0.6) is 5.75 Å². The summed E-state index contributed by atoms with van der Waals surface area (Å²) in [6.07, 6.45) is 0. The van der Waals surface area contributed by atoms with Crippen LogP contribution in [0.15, 0.2) is 59.4 Å². The van der Waals surface area contributed by atoms with Crippen LogP contribution in [0.4, 0.5) is 0 Å². The zero-order chi connectivity index (χ0) is 20.5.